The Morgan fingerprint density at radius 3 is 1.52 bits per heavy atom. The van der Waals surface area contributed by atoms with Crippen LogP contribution in [0.2, 0.25) is 0 Å². The van der Waals surface area contributed by atoms with E-state index < -0.39 is 0 Å². The third kappa shape index (κ3) is 3.54. The summed E-state index contributed by atoms with van der Waals surface area (Å²) >= 11 is 0. The molecule has 0 saturated carbocycles. The molecule has 0 unspecified atom stereocenters. The topological polar surface area (TPSA) is 0 Å². The lowest BCUT2D eigenvalue weighted by molar-refractivity contribution is 1.63. The molecule has 0 aliphatic rings. The molecule has 0 nitrogen and oxygen atoms in total. The summed E-state index contributed by atoms with van der Waals surface area (Å²) in [5.41, 5.74) is 7.53. The average molecular weight is 507 g/mol. The zero-order chi connectivity index (χ0) is 26.5. The molecule has 0 aliphatic carbocycles. The summed E-state index contributed by atoms with van der Waals surface area (Å²) in [5, 5.41) is 10.3. The van der Waals surface area contributed by atoms with Crippen LogP contribution < -0.4 is 0 Å². The van der Waals surface area contributed by atoms with Crippen molar-refractivity contribution in [1.29, 1.82) is 0 Å². The van der Waals surface area contributed by atoms with E-state index >= 15 is 0 Å². The first-order valence-electron chi connectivity index (χ1n) is 13.9. The van der Waals surface area contributed by atoms with Crippen molar-refractivity contribution < 1.29 is 0 Å². The molecule has 0 heteroatoms. The summed E-state index contributed by atoms with van der Waals surface area (Å²) in [7, 11) is 0. The van der Waals surface area contributed by atoms with Crippen LogP contribution in [0.4, 0.5) is 0 Å². The molecule has 0 amide bonds. The highest BCUT2D eigenvalue weighted by molar-refractivity contribution is 6.30. The molecule has 8 aromatic carbocycles. The molecule has 8 aromatic rings. The fourth-order valence-electron chi connectivity index (χ4n) is 6.45. The molecular formula is C40H26. The SMILES string of the molecule is c1ccc(-c2ccc3c(-c4ccccc4)c4ccc5c6ccccc6ccc5c4c(-c4ccccc4)c3c2)cc1. The molecule has 186 valence electrons. The zero-order valence-electron chi connectivity index (χ0n) is 22.0. The summed E-state index contributed by atoms with van der Waals surface area (Å²) in [6, 6.07) is 57.5. The molecule has 0 spiro atoms. The highest BCUT2D eigenvalue weighted by atomic mass is 14.2. The minimum Gasteiger partial charge on any atom is -0.0622 e. The Balaban J connectivity index is 1.63. The first-order chi connectivity index (χ1) is 19.9. The van der Waals surface area contributed by atoms with Crippen LogP contribution >= 0.6 is 0 Å². The van der Waals surface area contributed by atoms with Gasteiger partial charge in [-0.3, -0.25) is 0 Å². The summed E-state index contributed by atoms with van der Waals surface area (Å²) in [4.78, 5) is 0. The normalized spacial score (nSPS) is 11.5. The second-order valence-electron chi connectivity index (χ2n) is 10.5. The fraction of sp³-hybridized carbons (Fsp3) is 0. The van der Waals surface area contributed by atoms with Crippen molar-refractivity contribution in [3.8, 4) is 33.4 Å². The molecule has 0 fully saturated rings. The highest BCUT2D eigenvalue weighted by Gasteiger charge is 2.19. The third-order valence-corrected chi connectivity index (χ3v) is 8.24. The van der Waals surface area contributed by atoms with E-state index in [1.54, 1.807) is 0 Å². The molecule has 40 heavy (non-hydrogen) atoms. The van der Waals surface area contributed by atoms with Crippen molar-refractivity contribution in [2.45, 2.75) is 0 Å². The van der Waals surface area contributed by atoms with Gasteiger partial charge in [-0.05, 0) is 82.5 Å². The average Bonchev–Trinajstić information content (AvgIpc) is 3.04. The molecule has 8 rings (SSSR count). The van der Waals surface area contributed by atoms with Crippen LogP contribution in [0.1, 0.15) is 0 Å². The van der Waals surface area contributed by atoms with Crippen molar-refractivity contribution in [3.63, 3.8) is 0 Å². The largest absolute Gasteiger partial charge is 0.0622 e. The van der Waals surface area contributed by atoms with E-state index in [9.17, 15) is 0 Å². The Kier molecular flexibility index (Phi) is 5.24. The van der Waals surface area contributed by atoms with Crippen molar-refractivity contribution in [2.75, 3.05) is 0 Å². The van der Waals surface area contributed by atoms with Gasteiger partial charge >= 0.3 is 0 Å². The van der Waals surface area contributed by atoms with Gasteiger partial charge in [-0.15, -0.1) is 0 Å². The molecule has 0 atom stereocenters. The van der Waals surface area contributed by atoms with Gasteiger partial charge in [0.1, 0.15) is 0 Å². The van der Waals surface area contributed by atoms with E-state index in [0.29, 0.717) is 0 Å². The van der Waals surface area contributed by atoms with E-state index in [4.69, 9.17) is 0 Å². The molecule has 0 N–H and O–H groups in total. The van der Waals surface area contributed by atoms with Gasteiger partial charge < -0.3 is 0 Å². The van der Waals surface area contributed by atoms with Crippen LogP contribution in [0.15, 0.2) is 158 Å². The Morgan fingerprint density at radius 2 is 0.800 bits per heavy atom. The van der Waals surface area contributed by atoms with Crippen molar-refractivity contribution in [3.05, 3.63) is 158 Å². The first kappa shape index (κ1) is 22.8. The molecule has 0 aromatic heterocycles. The lowest BCUT2D eigenvalue weighted by Gasteiger charge is -2.20. The zero-order valence-corrected chi connectivity index (χ0v) is 22.0. The molecule has 0 aliphatic heterocycles. The Labute approximate surface area is 233 Å². The van der Waals surface area contributed by atoms with Crippen LogP contribution in [-0.4, -0.2) is 0 Å². The van der Waals surface area contributed by atoms with Crippen LogP contribution in [0.5, 0.6) is 0 Å². The summed E-state index contributed by atoms with van der Waals surface area (Å²) in [5.74, 6) is 0. The van der Waals surface area contributed by atoms with Crippen LogP contribution in [-0.2, 0) is 0 Å². The second kappa shape index (κ2) is 9.22. The van der Waals surface area contributed by atoms with Gasteiger partial charge in [-0.25, -0.2) is 0 Å². The van der Waals surface area contributed by atoms with E-state index in [1.165, 1.54) is 76.5 Å². The molecule has 0 radical (unpaired) electrons. The molecular weight excluding hydrogens is 480 g/mol. The minimum absolute atomic E-state index is 1.23. The standard InChI is InChI=1S/C40H26/c1-4-12-27(13-5-1)31-21-23-35-37(26-31)39(30-17-8-3-9-18-30)40-34-22-20-28-14-10-11-19-32(28)33(34)24-25-36(40)38(35)29-15-6-2-7-16-29/h1-26H. The van der Waals surface area contributed by atoms with E-state index in [-0.39, 0.29) is 0 Å². The van der Waals surface area contributed by atoms with Gasteiger partial charge in [-0.1, -0.05) is 152 Å². The summed E-state index contributed by atoms with van der Waals surface area (Å²) < 4.78 is 0. The van der Waals surface area contributed by atoms with Crippen LogP contribution in [0, 0.1) is 0 Å². The predicted octanol–water partition coefficient (Wildman–Crippen LogP) is 11.3. The number of rotatable bonds is 3. The number of benzene rings is 8. The maximum atomic E-state index is 2.40. The Morgan fingerprint density at radius 1 is 0.250 bits per heavy atom. The molecule has 0 bridgehead atoms. The lowest BCUT2D eigenvalue weighted by atomic mass is 9.82. The number of hydrogen-bond acceptors (Lipinski definition) is 0. The summed E-state index contributed by atoms with van der Waals surface area (Å²) in [6.45, 7) is 0. The molecule has 0 heterocycles. The van der Waals surface area contributed by atoms with Gasteiger partial charge in [0.05, 0.1) is 0 Å². The predicted molar refractivity (Wildman–Crippen MR) is 173 cm³/mol. The Bertz CT molecular complexity index is 2170. The lowest BCUT2D eigenvalue weighted by Crippen LogP contribution is -1.93. The van der Waals surface area contributed by atoms with Crippen LogP contribution in [0.3, 0.4) is 0 Å². The number of fused-ring (bicyclic) bond motifs is 6. The Hall–Kier alpha value is -5.20. The van der Waals surface area contributed by atoms with Gasteiger partial charge in [0.15, 0.2) is 0 Å². The second-order valence-corrected chi connectivity index (χ2v) is 10.5. The smallest absolute Gasteiger partial charge is 0.00139 e. The van der Waals surface area contributed by atoms with E-state index in [2.05, 4.69) is 158 Å². The van der Waals surface area contributed by atoms with Crippen molar-refractivity contribution in [1.82, 2.24) is 0 Å². The monoisotopic (exact) mass is 506 g/mol. The van der Waals surface area contributed by atoms with E-state index in [0.717, 1.165) is 0 Å². The van der Waals surface area contributed by atoms with Crippen LogP contribution in [0.25, 0.3) is 76.5 Å². The first-order valence-corrected chi connectivity index (χ1v) is 13.9. The third-order valence-electron chi connectivity index (χ3n) is 8.24. The van der Waals surface area contributed by atoms with Gasteiger partial charge in [0, 0.05) is 0 Å². The fourth-order valence-corrected chi connectivity index (χ4v) is 6.45. The molecule has 0 saturated heterocycles. The van der Waals surface area contributed by atoms with Crippen molar-refractivity contribution >= 4 is 43.1 Å². The van der Waals surface area contributed by atoms with Gasteiger partial charge in [0.2, 0.25) is 0 Å². The minimum atomic E-state index is 1.23. The van der Waals surface area contributed by atoms with Gasteiger partial charge in [-0.2, -0.15) is 0 Å². The van der Waals surface area contributed by atoms with Crippen molar-refractivity contribution in [2.24, 2.45) is 0 Å². The maximum absolute atomic E-state index is 2.40. The maximum Gasteiger partial charge on any atom is -0.00139 e. The van der Waals surface area contributed by atoms with Gasteiger partial charge in [0.25, 0.3) is 0 Å². The quantitative estimate of drug-likeness (QED) is 0.165. The summed E-state index contributed by atoms with van der Waals surface area (Å²) in [6.07, 6.45) is 0. The number of hydrogen-bond donors (Lipinski definition) is 0. The van der Waals surface area contributed by atoms with E-state index in [1.807, 2.05) is 0 Å². The highest BCUT2D eigenvalue weighted by Crippen LogP contribution is 2.47.